The Morgan fingerprint density at radius 2 is 1.92 bits per heavy atom. The number of aryl methyl sites for hydroxylation is 2. The number of fused-ring (bicyclic) bond motifs is 1. The largest absolute Gasteiger partial charge is 0.478 e. The van der Waals surface area contributed by atoms with Gasteiger partial charge in [0.25, 0.3) is 0 Å². The molecule has 0 fully saturated rings. The van der Waals surface area contributed by atoms with E-state index in [1.807, 2.05) is 11.3 Å². The van der Waals surface area contributed by atoms with Crippen LogP contribution in [0.1, 0.15) is 41.6 Å². The zero-order valence-electron chi connectivity index (χ0n) is 14.2. The van der Waals surface area contributed by atoms with E-state index in [1.165, 1.54) is 16.5 Å². The van der Waals surface area contributed by atoms with Crippen molar-refractivity contribution in [3.05, 3.63) is 52.2 Å². The molecule has 0 saturated heterocycles. The second kappa shape index (κ2) is 6.24. The van der Waals surface area contributed by atoms with E-state index >= 15 is 0 Å². The fraction of sp³-hybridized carbons (Fsp3) is 0.263. The molecule has 0 radical (unpaired) electrons. The van der Waals surface area contributed by atoms with Gasteiger partial charge in [0.1, 0.15) is 0 Å². The van der Waals surface area contributed by atoms with E-state index in [1.54, 1.807) is 17.4 Å². The summed E-state index contributed by atoms with van der Waals surface area (Å²) in [6, 6.07) is 8.33. The molecule has 24 heavy (non-hydrogen) atoms. The molecule has 4 nitrogen and oxygen atoms in total. The molecule has 0 amide bonds. The van der Waals surface area contributed by atoms with Crippen LogP contribution in [0, 0.1) is 13.8 Å². The normalized spacial score (nSPS) is 11.9. The van der Waals surface area contributed by atoms with Crippen LogP contribution in [0.25, 0.3) is 22.3 Å². The molecule has 0 aliphatic heterocycles. The number of hydrogen-bond acceptors (Lipinski definition) is 3. The number of aromatic nitrogens is 2. The Bertz CT molecular complexity index is 931. The lowest BCUT2D eigenvalue weighted by atomic mass is 10.0. The summed E-state index contributed by atoms with van der Waals surface area (Å²) >= 11 is 1.62. The molecule has 0 bridgehead atoms. The minimum Gasteiger partial charge on any atom is -0.478 e. The van der Waals surface area contributed by atoms with Crippen LogP contribution >= 0.6 is 11.3 Å². The van der Waals surface area contributed by atoms with Gasteiger partial charge < -0.3 is 5.11 Å². The molecular weight excluding hydrogens is 320 g/mol. The summed E-state index contributed by atoms with van der Waals surface area (Å²) in [5, 5.41) is 9.00. The predicted molar refractivity (Wildman–Crippen MR) is 98.7 cm³/mol. The quantitative estimate of drug-likeness (QED) is 0.687. The molecule has 0 aliphatic rings. The maximum Gasteiger partial charge on any atom is 0.328 e. The van der Waals surface area contributed by atoms with Crippen LogP contribution in [-0.4, -0.2) is 20.5 Å². The van der Waals surface area contributed by atoms with Crippen LogP contribution in [0.5, 0.6) is 0 Å². The lowest BCUT2D eigenvalue weighted by Crippen LogP contribution is -1.93. The summed E-state index contributed by atoms with van der Waals surface area (Å²) in [6.45, 7) is 8.41. The molecule has 0 unspecified atom stereocenters. The Hall–Kier alpha value is -2.40. The standard InChI is InChI=1S/C19H20N2O2S/c1-11(2)14-5-7-15(8-6-14)18-16(9-10-17(22)23)21-12(3)13(4)24-19(21)20-18/h5-11H,1-4H3,(H,22,23)/b10-9+. The second-order valence-electron chi connectivity index (χ2n) is 6.16. The number of aliphatic carboxylic acids is 1. The van der Waals surface area contributed by atoms with Gasteiger partial charge in [-0.25, -0.2) is 9.78 Å². The van der Waals surface area contributed by atoms with Gasteiger partial charge in [-0.1, -0.05) is 38.1 Å². The van der Waals surface area contributed by atoms with Crippen molar-refractivity contribution in [1.82, 2.24) is 9.38 Å². The lowest BCUT2D eigenvalue weighted by Gasteiger charge is -2.06. The van der Waals surface area contributed by atoms with Gasteiger partial charge in [-0.15, -0.1) is 11.3 Å². The minimum atomic E-state index is -0.962. The molecule has 2 aromatic heterocycles. The maximum atomic E-state index is 11.0. The van der Waals surface area contributed by atoms with Crippen LogP contribution < -0.4 is 0 Å². The zero-order chi connectivity index (χ0) is 17.4. The Balaban J connectivity index is 2.19. The molecule has 1 N–H and O–H groups in total. The van der Waals surface area contributed by atoms with Gasteiger partial charge >= 0.3 is 5.97 Å². The van der Waals surface area contributed by atoms with Crippen LogP contribution in [-0.2, 0) is 4.79 Å². The second-order valence-corrected chi connectivity index (χ2v) is 7.34. The van der Waals surface area contributed by atoms with E-state index < -0.39 is 5.97 Å². The third kappa shape index (κ3) is 2.87. The van der Waals surface area contributed by atoms with Crippen molar-refractivity contribution >= 4 is 28.3 Å². The average Bonchev–Trinajstić information content (AvgIpc) is 3.02. The number of carboxylic acid groups (broad SMARTS) is 1. The number of carboxylic acids is 1. The SMILES string of the molecule is Cc1sc2nc(-c3ccc(C(C)C)cc3)c(/C=C/C(=O)O)n2c1C. The van der Waals surface area contributed by atoms with E-state index in [0.717, 1.165) is 27.6 Å². The van der Waals surface area contributed by atoms with Crippen molar-refractivity contribution in [2.45, 2.75) is 33.6 Å². The van der Waals surface area contributed by atoms with Crippen molar-refractivity contribution in [3.8, 4) is 11.3 Å². The molecule has 3 rings (SSSR count). The highest BCUT2D eigenvalue weighted by Crippen LogP contribution is 2.32. The van der Waals surface area contributed by atoms with Gasteiger partial charge in [0.15, 0.2) is 4.96 Å². The summed E-state index contributed by atoms with van der Waals surface area (Å²) in [6.07, 6.45) is 2.80. The van der Waals surface area contributed by atoms with Crippen molar-refractivity contribution in [3.63, 3.8) is 0 Å². The Morgan fingerprint density at radius 3 is 2.50 bits per heavy atom. The maximum absolute atomic E-state index is 11.0. The number of hydrogen-bond donors (Lipinski definition) is 1. The summed E-state index contributed by atoms with van der Waals surface area (Å²) in [7, 11) is 0. The molecule has 0 aliphatic carbocycles. The van der Waals surface area contributed by atoms with E-state index in [9.17, 15) is 4.79 Å². The van der Waals surface area contributed by atoms with E-state index in [-0.39, 0.29) is 0 Å². The molecule has 2 heterocycles. The van der Waals surface area contributed by atoms with Crippen molar-refractivity contribution < 1.29 is 9.90 Å². The Morgan fingerprint density at radius 1 is 1.25 bits per heavy atom. The molecule has 1 aromatic carbocycles. The highest BCUT2D eigenvalue weighted by molar-refractivity contribution is 7.17. The summed E-state index contributed by atoms with van der Waals surface area (Å²) in [5.74, 6) is -0.489. The Labute approximate surface area is 145 Å². The Kier molecular flexibility index (Phi) is 4.28. The third-order valence-electron chi connectivity index (χ3n) is 4.21. The average molecular weight is 340 g/mol. The van der Waals surface area contributed by atoms with Gasteiger partial charge in [-0.3, -0.25) is 4.40 Å². The van der Waals surface area contributed by atoms with Crippen LogP contribution in [0.2, 0.25) is 0 Å². The zero-order valence-corrected chi connectivity index (χ0v) is 15.0. The smallest absolute Gasteiger partial charge is 0.328 e. The van der Waals surface area contributed by atoms with Crippen LogP contribution in [0.3, 0.4) is 0 Å². The predicted octanol–water partition coefficient (Wildman–Crippen LogP) is 4.90. The number of thiazole rings is 1. The summed E-state index contributed by atoms with van der Waals surface area (Å²) in [5.41, 5.74) is 4.99. The van der Waals surface area contributed by atoms with Gasteiger partial charge in [-0.05, 0) is 31.4 Å². The monoisotopic (exact) mass is 340 g/mol. The molecular formula is C19H20N2O2S. The first-order valence-corrected chi connectivity index (χ1v) is 8.70. The number of imidazole rings is 1. The molecule has 0 atom stereocenters. The highest BCUT2D eigenvalue weighted by atomic mass is 32.1. The minimum absolute atomic E-state index is 0.473. The fourth-order valence-corrected chi connectivity index (χ4v) is 3.69. The number of benzene rings is 1. The molecule has 5 heteroatoms. The van der Waals surface area contributed by atoms with Crippen LogP contribution in [0.15, 0.2) is 30.3 Å². The first kappa shape index (κ1) is 16.5. The van der Waals surface area contributed by atoms with Crippen molar-refractivity contribution in [1.29, 1.82) is 0 Å². The molecule has 124 valence electrons. The topological polar surface area (TPSA) is 54.6 Å². The van der Waals surface area contributed by atoms with Gasteiger partial charge in [0.05, 0.1) is 11.4 Å². The fourth-order valence-electron chi connectivity index (χ4n) is 2.71. The first-order valence-electron chi connectivity index (χ1n) is 7.88. The first-order chi connectivity index (χ1) is 11.4. The van der Waals surface area contributed by atoms with Crippen LogP contribution in [0.4, 0.5) is 0 Å². The summed E-state index contributed by atoms with van der Waals surface area (Å²) < 4.78 is 2.03. The van der Waals surface area contributed by atoms with Gasteiger partial charge in [0, 0.05) is 22.2 Å². The molecule has 0 saturated carbocycles. The van der Waals surface area contributed by atoms with Gasteiger partial charge in [0.2, 0.25) is 0 Å². The third-order valence-corrected chi connectivity index (χ3v) is 5.26. The number of carbonyl (C=O) groups is 1. The van der Waals surface area contributed by atoms with Gasteiger partial charge in [-0.2, -0.15) is 0 Å². The number of nitrogens with zero attached hydrogens (tertiary/aromatic N) is 2. The lowest BCUT2D eigenvalue weighted by molar-refractivity contribution is -0.131. The summed E-state index contributed by atoms with van der Waals surface area (Å²) in [4.78, 5) is 17.8. The van der Waals surface area contributed by atoms with E-state index in [2.05, 4.69) is 45.0 Å². The van der Waals surface area contributed by atoms with E-state index in [4.69, 9.17) is 10.1 Å². The number of rotatable bonds is 4. The highest BCUT2D eigenvalue weighted by Gasteiger charge is 2.17. The van der Waals surface area contributed by atoms with Crippen molar-refractivity contribution in [2.75, 3.05) is 0 Å². The van der Waals surface area contributed by atoms with E-state index in [0.29, 0.717) is 5.92 Å². The van der Waals surface area contributed by atoms with Crippen molar-refractivity contribution in [2.24, 2.45) is 0 Å². The molecule has 0 spiro atoms. The molecule has 3 aromatic rings.